The highest BCUT2D eigenvalue weighted by atomic mass is 16.5. The summed E-state index contributed by atoms with van der Waals surface area (Å²) < 4.78 is 11.1. The minimum absolute atomic E-state index is 0.116. The Morgan fingerprint density at radius 1 is 0.796 bits per heavy atom. The summed E-state index contributed by atoms with van der Waals surface area (Å²) in [6.45, 7) is 4.80. The number of morpholine rings is 1. The van der Waals surface area contributed by atoms with Gasteiger partial charge in [-0.05, 0) is 79.8 Å². The zero-order chi connectivity index (χ0) is 33.9. The van der Waals surface area contributed by atoms with E-state index in [1.54, 1.807) is 24.3 Å². The quantitative estimate of drug-likeness (QED) is 0.294. The number of hydrogen-bond acceptors (Lipinski definition) is 8. The van der Waals surface area contributed by atoms with Crippen LogP contribution in [0.3, 0.4) is 0 Å². The van der Waals surface area contributed by atoms with Gasteiger partial charge < -0.3 is 19.5 Å². The van der Waals surface area contributed by atoms with Crippen LogP contribution in [-0.2, 0) is 23.9 Å². The molecule has 6 unspecified atom stereocenters. The van der Waals surface area contributed by atoms with Gasteiger partial charge in [0.25, 0.3) is 0 Å². The molecule has 0 aromatic heterocycles. The van der Waals surface area contributed by atoms with Gasteiger partial charge in [0.2, 0.25) is 23.6 Å². The molecule has 1 saturated carbocycles. The number of carbonyl (C=O) groups excluding carboxylic acids is 4. The molecule has 3 saturated heterocycles. The van der Waals surface area contributed by atoms with Gasteiger partial charge in [-0.3, -0.25) is 24.1 Å². The van der Waals surface area contributed by atoms with Crippen LogP contribution in [0, 0.1) is 29.1 Å². The summed E-state index contributed by atoms with van der Waals surface area (Å²) in [5.41, 5.74) is 2.74. The molecule has 0 spiro atoms. The number of nitrogens with zero attached hydrogens (tertiary/aromatic N) is 3. The summed E-state index contributed by atoms with van der Waals surface area (Å²) in [5.74, 6) is -3.21. The number of rotatable bonds is 7. The predicted molar refractivity (Wildman–Crippen MR) is 182 cm³/mol. The number of para-hydroxylation sites is 1. The molecule has 1 N–H and O–H groups in total. The smallest absolute Gasteiger partial charge is 0.241 e. The zero-order valence-corrected chi connectivity index (χ0v) is 27.4. The predicted octanol–water partition coefficient (Wildman–Crippen LogP) is 4.33. The minimum atomic E-state index is -1.11. The van der Waals surface area contributed by atoms with Gasteiger partial charge in [-0.15, -0.1) is 0 Å². The molecule has 4 amide bonds. The number of amides is 4. The summed E-state index contributed by atoms with van der Waals surface area (Å²) >= 11 is 0. The number of ether oxygens (including phenoxy) is 2. The summed E-state index contributed by atoms with van der Waals surface area (Å²) in [4.78, 5) is 62.2. The molecule has 10 heteroatoms. The van der Waals surface area contributed by atoms with E-state index in [2.05, 4.69) is 11.0 Å². The van der Waals surface area contributed by atoms with Crippen LogP contribution >= 0.6 is 0 Å². The van der Waals surface area contributed by atoms with Crippen LogP contribution in [0.2, 0.25) is 0 Å². The van der Waals surface area contributed by atoms with Crippen LogP contribution in [0.25, 0.3) is 0 Å². The number of carbonyl (C=O) groups is 4. The van der Waals surface area contributed by atoms with Crippen molar-refractivity contribution in [1.82, 2.24) is 0 Å². The number of anilines is 3. The molecule has 3 heterocycles. The molecule has 2 aliphatic carbocycles. The van der Waals surface area contributed by atoms with Gasteiger partial charge >= 0.3 is 0 Å². The lowest BCUT2D eigenvalue weighted by molar-refractivity contribution is -0.131. The summed E-state index contributed by atoms with van der Waals surface area (Å²) in [7, 11) is 0. The molecule has 5 aliphatic rings. The van der Waals surface area contributed by atoms with Gasteiger partial charge in [-0.25, -0.2) is 4.90 Å². The normalized spacial score (nSPS) is 29.5. The first kappa shape index (κ1) is 31.5. The lowest BCUT2D eigenvalue weighted by Gasteiger charge is -2.49. The third kappa shape index (κ3) is 4.91. The third-order valence-electron chi connectivity index (χ3n) is 11.3. The number of aliphatic hydroxyl groups is 1. The fraction of sp³-hybridized carbons (Fsp3) is 0.385. The van der Waals surface area contributed by atoms with Gasteiger partial charge in [0.1, 0.15) is 12.4 Å². The maximum Gasteiger partial charge on any atom is 0.241 e. The molecule has 252 valence electrons. The van der Waals surface area contributed by atoms with Crippen LogP contribution in [0.15, 0.2) is 90.5 Å². The van der Waals surface area contributed by atoms with E-state index in [4.69, 9.17) is 9.47 Å². The van der Waals surface area contributed by atoms with E-state index in [1.165, 1.54) is 9.80 Å². The number of fused-ring (bicyclic) bond motifs is 4. The second kappa shape index (κ2) is 12.3. The van der Waals surface area contributed by atoms with Crippen molar-refractivity contribution in [2.45, 2.75) is 25.7 Å². The second-order valence-electron chi connectivity index (χ2n) is 13.8. The van der Waals surface area contributed by atoms with Gasteiger partial charge in [-0.2, -0.15) is 0 Å². The van der Waals surface area contributed by atoms with E-state index in [-0.39, 0.29) is 36.8 Å². The highest BCUT2D eigenvalue weighted by Gasteiger charge is 2.67. The van der Waals surface area contributed by atoms with E-state index in [1.807, 2.05) is 61.5 Å². The summed E-state index contributed by atoms with van der Waals surface area (Å²) in [5, 5.41) is 9.23. The molecular formula is C39H39N3O7. The molecule has 3 aliphatic heterocycles. The van der Waals surface area contributed by atoms with Gasteiger partial charge in [-0.1, -0.05) is 42.0 Å². The maximum atomic E-state index is 14.5. The number of hydrogen-bond donors (Lipinski definition) is 1. The minimum Gasteiger partial charge on any atom is -0.491 e. The van der Waals surface area contributed by atoms with Crippen molar-refractivity contribution in [2.75, 3.05) is 54.2 Å². The molecular weight excluding hydrogens is 622 g/mol. The Kier molecular flexibility index (Phi) is 7.88. The fourth-order valence-electron chi connectivity index (χ4n) is 9.03. The number of allylic oxidation sites excluding steroid dienone is 2. The Labute approximate surface area is 284 Å². The van der Waals surface area contributed by atoms with Crippen LogP contribution in [0.1, 0.15) is 31.2 Å². The lowest BCUT2D eigenvalue weighted by atomic mass is 9.51. The Morgan fingerprint density at radius 3 is 2.16 bits per heavy atom. The van der Waals surface area contributed by atoms with Crippen molar-refractivity contribution in [3.8, 4) is 5.75 Å². The van der Waals surface area contributed by atoms with Crippen LogP contribution in [0.4, 0.5) is 17.1 Å². The van der Waals surface area contributed by atoms with E-state index >= 15 is 0 Å². The van der Waals surface area contributed by atoms with Crippen molar-refractivity contribution in [1.29, 1.82) is 0 Å². The summed E-state index contributed by atoms with van der Waals surface area (Å²) in [6, 6.07) is 24.0. The molecule has 3 aromatic carbocycles. The molecule has 6 atom stereocenters. The maximum absolute atomic E-state index is 14.5. The average molecular weight is 662 g/mol. The largest absolute Gasteiger partial charge is 0.491 e. The number of benzene rings is 3. The highest BCUT2D eigenvalue weighted by molar-refractivity contribution is 6.25. The zero-order valence-electron chi connectivity index (χ0n) is 27.4. The third-order valence-corrected chi connectivity index (χ3v) is 11.3. The number of aliphatic hydroxyl groups excluding tert-OH is 1. The molecule has 10 nitrogen and oxygen atoms in total. The number of imide groups is 2. The SMILES string of the molecule is CC12C(=O)N(c3ccccc3)C(=O)C1CC1C(=CCC3C(=O)N(c4ccc(N5CCOCC5)cc4)C(=O)C31)C2c1ccc(OCCO)cc1. The Balaban J connectivity index is 1.17. The Morgan fingerprint density at radius 2 is 1.47 bits per heavy atom. The molecule has 49 heavy (non-hydrogen) atoms. The topological polar surface area (TPSA) is 117 Å². The lowest BCUT2D eigenvalue weighted by Crippen LogP contribution is -2.48. The Bertz CT molecular complexity index is 1820. The van der Waals surface area contributed by atoms with Crippen molar-refractivity contribution >= 4 is 40.7 Å². The average Bonchev–Trinajstić information content (AvgIpc) is 3.51. The van der Waals surface area contributed by atoms with Gasteiger partial charge in [0.15, 0.2) is 0 Å². The highest BCUT2D eigenvalue weighted by Crippen LogP contribution is 2.63. The van der Waals surface area contributed by atoms with Gasteiger partial charge in [0.05, 0.1) is 54.4 Å². The van der Waals surface area contributed by atoms with Crippen LogP contribution in [-0.4, -0.2) is 68.3 Å². The molecule has 3 aromatic rings. The molecule has 8 rings (SSSR count). The first-order valence-electron chi connectivity index (χ1n) is 17.1. The van der Waals surface area contributed by atoms with E-state index in [9.17, 15) is 24.3 Å². The first-order chi connectivity index (χ1) is 23.8. The standard InChI is InChI=1S/C39H39N3O7/c1-39-32(36(45)42(38(39)47)26-5-3-2-4-6-26)23-31-29(34(39)24-7-13-28(14-8-24)49-22-19-43)15-16-30-33(31)37(46)41(35(30)44)27-11-9-25(10-12-27)40-17-20-48-21-18-40/h2-15,30-34,43H,16-23H2,1H3. The second-order valence-corrected chi connectivity index (χ2v) is 13.8. The monoisotopic (exact) mass is 661 g/mol. The van der Waals surface area contributed by atoms with Gasteiger partial charge in [0, 0.05) is 24.7 Å². The van der Waals surface area contributed by atoms with Crippen molar-refractivity contribution in [2.24, 2.45) is 29.1 Å². The molecule has 0 bridgehead atoms. The molecule has 4 fully saturated rings. The van der Waals surface area contributed by atoms with Crippen molar-refractivity contribution < 1.29 is 33.8 Å². The van der Waals surface area contributed by atoms with Crippen molar-refractivity contribution in [3.05, 3.63) is 96.1 Å². The van der Waals surface area contributed by atoms with Crippen molar-refractivity contribution in [3.63, 3.8) is 0 Å². The Hall–Kier alpha value is -4.80. The van der Waals surface area contributed by atoms with E-state index in [0.29, 0.717) is 43.2 Å². The van der Waals surface area contributed by atoms with Crippen LogP contribution < -0.4 is 19.4 Å². The first-order valence-corrected chi connectivity index (χ1v) is 17.1. The molecule has 0 radical (unpaired) electrons. The summed E-state index contributed by atoms with van der Waals surface area (Å²) in [6.07, 6.45) is 2.74. The van der Waals surface area contributed by atoms with E-state index in [0.717, 1.165) is 29.9 Å². The van der Waals surface area contributed by atoms with E-state index < -0.39 is 35.0 Å². The fourth-order valence-corrected chi connectivity index (χ4v) is 9.03. The van der Waals surface area contributed by atoms with Crippen LogP contribution in [0.5, 0.6) is 5.75 Å².